The summed E-state index contributed by atoms with van der Waals surface area (Å²) in [5, 5.41) is 3.45. The molecule has 1 aromatic heterocycles. The van der Waals surface area contributed by atoms with Crippen LogP contribution < -0.4 is 5.32 Å². The van der Waals surface area contributed by atoms with Gasteiger partial charge in [-0.2, -0.15) is 0 Å². The van der Waals surface area contributed by atoms with E-state index in [2.05, 4.69) is 53.6 Å². The first kappa shape index (κ1) is 14.3. The SMILES string of the molecule is CCCNCc1ccc(C2CCCc3cccnc32)cc1. The van der Waals surface area contributed by atoms with Crippen LogP contribution in [0.5, 0.6) is 0 Å². The lowest BCUT2D eigenvalue weighted by Gasteiger charge is -2.24. The van der Waals surface area contributed by atoms with E-state index in [1.165, 1.54) is 48.1 Å². The average molecular weight is 280 g/mol. The van der Waals surface area contributed by atoms with Gasteiger partial charge >= 0.3 is 0 Å². The van der Waals surface area contributed by atoms with Crippen molar-refractivity contribution in [1.82, 2.24) is 10.3 Å². The predicted octanol–water partition coefficient (Wildman–Crippen LogP) is 4.05. The lowest BCUT2D eigenvalue weighted by Crippen LogP contribution is -2.14. The van der Waals surface area contributed by atoms with E-state index in [0.717, 1.165) is 13.1 Å². The molecule has 110 valence electrons. The van der Waals surface area contributed by atoms with Gasteiger partial charge < -0.3 is 5.32 Å². The number of hydrogen-bond acceptors (Lipinski definition) is 2. The van der Waals surface area contributed by atoms with Crippen molar-refractivity contribution >= 4 is 0 Å². The van der Waals surface area contributed by atoms with Gasteiger partial charge in [0.25, 0.3) is 0 Å². The number of nitrogens with zero attached hydrogens (tertiary/aromatic N) is 1. The van der Waals surface area contributed by atoms with Crippen LogP contribution in [0.2, 0.25) is 0 Å². The molecule has 2 nitrogen and oxygen atoms in total. The number of aryl methyl sites for hydroxylation is 1. The topological polar surface area (TPSA) is 24.9 Å². The van der Waals surface area contributed by atoms with Crippen LogP contribution in [0.3, 0.4) is 0 Å². The Morgan fingerprint density at radius 3 is 2.86 bits per heavy atom. The van der Waals surface area contributed by atoms with Crippen LogP contribution in [0.15, 0.2) is 42.6 Å². The molecule has 1 unspecified atom stereocenters. The van der Waals surface area contributed by atoms with Crippen LogP contribution in [0.25, 0.3) is 0 Å². The number of benzene rings is 1. The third-order valence-corrected chi connectivity index (χ3v) is 4.33. The number of rotatable bonds is 5. The van der Waals surface area contributed by atoms with E-state index in [-0.39, 0.29) is 0 Å². The Kier molecular flexibility index (Phi) is 4.66. The van der Waals surface area contributed by atoms with Crippen molar-refractivity contribution in [2.45, 2.75) is 45.1 Å². The summed E-state index contributed by atoms with van der Waals surface area (Å²) >= 11 is 0. The molecule has 0 fully saturated rings. The highest BCUT2D eigenvalue weighted by Crippen LogP contribution is 2.35. The molecule has 0 saturated carbocycles. The first-order valence-corrected chi connectivity index (χ1v) is 8.12. The van der Waals surface area contributed by atoms with E-state index >= 15 is 0 Å². The summed E-state index contributed by atoms with van der Waals surface area (Å²) in [7, 11) is 0. The zero-order valence-electron chi connectivity index (χ0n) is 12.8. The Hall–Kier alpha value is -1.67. The average Bonchev–Trinajstić information content (AvgIpc) is 2.55. The molecule has 1 aliphatic carbocycles. The van der Waals surface area contributed by atoms with Crippen molar-refractivity contribution in [2.75, 3.05) is 6.54 Å². The van der Waals surface area contributed by atoms with E-state index in [9.17, 15) is 0 Å². The molecule has 21 heavy (non-hydrogen) atoms. The number of hydrogen-bond donors (Lipinski definition) is 1. The fourth-order valence-corrected chi connectivity index (χ4v) is 3.21. The minimum atomic E-state index is 0.479. The van der Waals surface area contributed by atoms with E-state index in [0.29, 0.717) is 5.92 Å². The second kappa shape index (κ2) is 6.86. The summed E-state index contributed by atoms with van der Waals surface area (Å²) in [5.41, 5.74) is 5.50. The van der Waals surface area contributed by atoms with Gasteiger partial charge in [0, 0.05) is 18.7 Å². The molecule has 1 aliphatic rings. The maximum Gasteiger partial charge on any atom is 0.0510 e. The lowest BCUT2D eigenvalue weighted by atomic mass is 9.82. The van der Waals surface area contributed by atoms with Crippen LogP contribution in [0.1, 0.15) is 54.5 Å². The highest BCUT2D eigenvalue weighted by molar-refractivity contribution is 5.36. The fraction of sp³-hybridized carbons (Fsp3) is 0.421. The second-order valence-electron chi connectivity index (χ2n) is 5.91. The Morgan fingerprint density at radius 1 is 1.19 bits per heavy atom. The summed E-state index contributed by atoms with van der Waals surface area (Å²) in [6.45, 7) is 4.25. The van der Waals surface area contributed by atoms with Crippen LogP contribution in [-0.2, 0) is 13.0 Å². The summed E-state index contributed by atoms with van der Waals surface area (Å²) < 4.78 is 0. The lowest BCUT2D eigenvalue weighted by molar-refractivity contribution is 0.598. The summed E-state index contributed by atoms with van der Waals surface area (Å²) in [6.07, 6.45) is 6.78. The second-order valence-corrected chi connectivity index (χ2v) is 5.91. The smallest absolute Gasteiger partial charge is 0.0510 e. The highest BCUT2D eigenvalue weighted by Gasteiger charge is 2.22. The fourth-order valence-electron chi connectivity index (χ4n) is 3.21. The minimum absolute atomic E-state index is 0.479. The van der Waals surface area contributed by atoms with Gasteiger partial charge in [-0.3, -0.25) is 4.98 Å². The third-order valence-electron chi connectivity index (χ3n) is 4.33. The molecule has 0 amide bonds. The molecule has 2 aromatic rings. The first-order chi connectivity index (χ1) is 10.4. The minimum Gasteiger partial charge on any atom is -0.313 e. The summed E-state index contributed by atoms with van der Waals surface area (Å²) in [5.74, 6) is 0.479. The van der Waals surface area contributed by atoms with E-state index in [1.807, 2.05) is 6.20 Å². The molecule has 0 radical (unpaired) electrons. The van der Waals surface area contributed by atoms with Crippen molar-refractivity contribution in [2.24, 2.45) is 0 Å². The highest BCUT2D eigenvalue weighted by atomic mass is 14.8. The van der Waals surface area contributed by atoms with Gasteiger partial charge in [0.15, 0.2) is 0 Å². The molecule has 0 aliphatic heterocycles. The standard InChI is InChI=1S/C19H24N2/c1-2-12-20-14-15-8-10-16(11-9-15)18-7-3-5-17-6-4-13-21-19(17)18/h4,6,8-11,13,18,20H,2-3,5,7,12,14H2,1H3. The van der Waals surface area contributed by atoms with Crippen molar-refractivity contribution in [1.29, 1.82) is 0 Å². The zero-order chi connectivity index (χ0) is 14.5. The molecule has 1 heterocycles. The van der Waals surface area contributed by atoms with Crippen molar-refractivity contribution < 1.29 is 0 Å². The zero-order valence-corrected chi connectivity index (χ0v) is 12.8. The predicted molar refractivity (Wildman–Crippen MR) is 87.5 cm³/mol. The maximum absolute atomic E-state index is 4.65. The summed E-state index contributed by atoms with van der Waals surface area (Å²) in [6, 6.07) is 13.4. The van der Waals surface area contributed by atoms with Gasteiger partial charge in [0.2, 0.25) is 0 Å². The molecule has 2 heteroatoms. The monoisotopic (exact) mass is 280 g/mol. The molecule has 0 spiro atoms. The number of fused-ring (bicyclic) bond motifs is 1. The quantitative estimate of drug-likeness (QED) is 0.836. The van der Waals surface area contributed by atoms with Crippen LogP contribution >= 0.6 is 0 Å². The van der Waals surface area contributed by atoms with E-state index in [1.54, 1.807) is 0 Å². The first-order valence-electron chi connectivity index (χ1n) is 8.12. The Labute approximate surface area is 127 Å². The molecule has 3 rings (SSSR count). The number of aromatic nitrogens is 1. The van der Waals surface area contributed by atoms with Gasteiger partial charge in [-0.05, 0) is 55.0 Å². The molecule has 1 aromatic carbocycles. The number of nitrogens with one attached hydrogen (secondary N) is 1. The third kappa shape index (κ3) is 3.33. The largest absolute Gasteiger partial charge is 0.313 e. The Balaban J connectivity index is 1.76. The van der Waals surface area contributed by atoms with Crippen molar-refractivity contribution in [3.8, 4) is 0 Å². The van der Waals surface area contributed by atoms with Gasteiger partial charge in [-0.1, -0.05) is 37.3 Å². The van der Waals surface area contributed by atoms with E-state index in [4.69, 9.17) is 0 Å². The summed E-state index contributed by atoms with van der Waals surface area (Å²) in [4.78, 5) is 4.65. The Morgan fingerprint density at radius 2 is 2.05 bits per heavy atom. The number of pyridine rings is 1. The Bertz CT molecular complexity index is 574. The van der Waals surface area contributed by atoms with Crippen LogP contribution in [-0.4, -0.2) is 11.5 Å². The van der Waals surface area contributed by atoms with Gasteiger partial charge in [-0.25, -0.2) is 0 Å². The maximum atomic E-state index is 4.65. The van der Waals surface area contributed by atoms with Crippen molar-refractivity contribution in [3.63, 3.8) is 0 Å². The van der Waals surface area contributed by atoms with Crippen molar-refractivity contribution in [3.05, 3.63) is 65.0 Å². The molecule has 1 atom stereocenters. The van der Waals surface area contributed by atoms with Crippen LogP contribution in [0.4, 0.5) is 0 Å². The molecule has 0 bridgehead atoms. The normalized spacial score (nSPS) is 17.5. The molecule has 0 saturated heterocycles. The molecular formula is C19H24N2. The molecular weight excluding hydrogens is 256 g/mol. The molecule has 1 N–H and O–H groups in total. The van der Waals surface area contributed by atoms with Gasteiger partial charge in [0.1, 0.15) is 0 Å². The van der Waals surface area contributed by atoms with E-state index < -0.39 is 0 Å². The van der Waals surface area contributed by atoms with Gasteiger partial charge in [0.05, 0.1) is 5.69 Å². The van der Waals surface area contributed by atoms with Crippen LogP contribution in [0, 0.1) is 0 Å². The van der Waals surface area contributed by atoms with Gasteiger partial charge in [-0.15, -0.1) is 0 Å².